The zero-order valence-corrected chi connectivity index (χ0v) is 16.4. The summed E-state index contributed by atoms with van der Waals surface area (Å²) in [5, 5.41) is 5.37. The van der Waals surface area contributed by atoms with Crippen LogP contribution in [-0.4, -0.2) is 20.7 Å². The van der Waals surface area contributed by atoms with E-state index in [-0.39, 0.29) is 6.61 Å². The number of rotatable bonds is 5. The first kappa shape index (κ1) is 18.1. The number of hydrogen-bond donors (Lipinski definition) is 0. The molecule has 28 heavy (non-hydrogen) atoms. The number of nitrogens with zero attached hydrogens (tertiary/aromatic N) is 3. The molecule has 0 bridgehead atoms. The highest BCUT2D eigenvalue weighted by atomic mass is 32.1. The molecule has 0 radical (unpaired) electrons. The molecule has 4 aromatic rings. The van der Waals surface area contributed by atoms with E-state index in [0.717, 1.165) is 37.9 Å². The predicted octanol–water partition coefficient (Wildman–Crippen LogP) is 4.86. The summed E-state index contributed by atoms with van der Waals surface area (Å²) < 4.78 is 8.31. The molecule has 140 valence electrons. The summed E-state index contributed by atoms with van der Waals surface area (Å²) in [5.41, 5.74) is 4.66. The Morgan fingerprint density at radius 1 is 1.11 bits per heavy atom. The van der Waals surface area contributed by atoms with Crippen LogP contribution >= 0.6 is 11.3 Å². The van der Waals surface area contributed by atoms with Crippen LogP contribution in [0.4, 0.5) is 0 Å². The standard InChI is InChI=1S/C22H19N3O2S/c1-15-18(16(2)25(24-15)17-8-4-3-5-9-17)12-13-22(26)27-14-21-23-19-10-6-7-11-20(19)28-21/h3-13H,14H2,1-2H3/b13-12+. The van der Waals surface area contributed by atoms with Crippen molar-refractivity contribution in [1.82, 2.24) is 14.8 Å². The maximum atomic E-state index is 12.1. The molecule has 6 heteroatoms. The monoisotopic (exact) mass is 389 g/mol. The second kappa shape index (κ2) is 7.78. The van der Waals surface area contributed by atoms with Crippen LogP contribution < -0.4 is 0 Å². The van der Waals surface area contributed by atoms with Gasteiger partial charge >= 0.3 is 5.97 Å². The highest BCUT2D eigenvalue weighted by Crippen LogP contribution is 2.22. The molecule has 0 aliphatic carbocycles. The van der Waals surface area contributed by atoms with Gasteiger partial charge in [0.2, 0.25) is 0 Å². The zero-order valence-electron chi connectivity index (χ0n) is 15.6. The van der Waals surface area contributed by atoms with Gasteiger partial charge in [0.25, 0.3) is 0 Å². The Morgan fingerprint density at radius 2 is 1.86 bits per heavy atom. The molecule has 2 aromatic carbocycles. The van der Waals surface area contributed by atoms with Gasteiger partial charge in [0, 0.05) is 17.3 Å². The van der Waals surface area contributed by atoms with Gasteiger partial charge in [-0.25, -0.2) is 14.5 Å². The molecule has 0 unspecified atom stereocenters. The maximum Gasteiger partial charge on any atom is 0.331 e. The average molecular weight is 389 g/mol. The Morgan fingerprint density at radius 3 is 2.64 bits per heavy atom. The van der Waals surface area contributed by atoms with E-state index in [1.54, 1.807) is 6.08 Å². The van der Waals surface area contributed by atoms with Crippen LogP contribution in [0.15, 0.2) is 60.7 Å². The smallest absolute Gasteiger partial charge is 0.331 e. The van der Waals surface area contributed by atoms with Crippen molar-refractivity contribution in [3.8, 4) is 5.69 Å². The van der Waals surface area contributed by atoms with Gasteiger partial charge in [-0.05, 0) is 44.2 Å². The van der Waals surface area contributed by atoms with E-state index in [2.05, 4.69) is 10.1 Å². The summed E-state index contributed by atoms with van der Waals surface area (Å²) in [7, 11) is 0. The number of esters is 1. The molecule has 0 aliphatic rings. The SMILES string of the molecule is Cc1nn(-c2ccccc2)c(C)c1/C=C/C(=O)OCc1nc2ccccc2s1. The van der Waals surface area contributed by atoms with Crippen molar-refractivity contribution >= 4 is 33.6 Å². The van der Waals surface area contributed by atoms with Crippen molar-refractivity contribution in [3.63, 3.8) is 0 Å². The number of hydrogen-bond acceptors (Lipinski definition) is 5. The molecule has 0 aliphatic heterocycles. The Balaban J connectivity index is 1.45. The molecule has 2 heterocycles. The van der Waals surface area contributed by atoms with E-state index in [9.17, 15) is 4.79 Å². The molecule has 0 saturated heterocycles. The first-order valence-corrected chi connectivity index (χ1v) is 9.74. The summed E-state index contributed by atoms with van der Waals surface area (Å²) in [4.78, 5) is 16.6. The fourth-order valence-electron chi connectivity index (χ4n) is 3.03. The summed E-state index contributed by atoms with van der Waals surface area (Å²) in [6.07, 6.45) is 3.21. The minimum Gasteiger partial charge on any atom is -0.455 e. The maximum absolute atomic E-state index is 12.1. The van der Waals surface area contributed by atoms with Crippen molar-refractivity contribution < 1.29 is 9.53 Å². The largest absolute Gasteiger partial charge is 0.455 e. The lowest BCUT2D eigenvalue weighted by atomic mass is 10.2. The summed E-state index contributed by atoms with van der Waals surface area (Å²) in [5.74, 6) is -0.398. The molecule has 4 rings (SSSR count). The lowest BCUT2D eigenvalue weighted by molar-refractivity contribution is -0.138. The molecule has 0 fully saturated rings. The van der Waals surface area contributed by atoms with Gasteiger partial charge in [-0.3, -0.25) is 0 Å². The van der Waals surface area contributed by atoms with Crippen molar-refractivity contribution in [2.75, 3.05) is 0 Å². The second-order valence-electron chi connectivity index (χ2n) is 6.35. The highest BCUT2D eigenvalue weighted by Gasteiger charge is 2.11. The number of fused-ring (bicyclic) bond motifs is 1. The van der Waals surface area contributed by atoms with E-state index in [4.69, 9.17) is 4.74 Å². The first-order chi connectivity index (χ1) is 13.6. The molecule has 0 amide bonds. The molecule has 0 N–H and O–H groups in total. The Hall–Kier alpha value is -3.25. The molecule has 2 aromatic heterocycles. The van der Waals surface area contributed by atoms with E-state index in [1.807, 2.05) is 73.1 Å². The Kier molecular flexibility index (Phi) is 5.04. The van der Waals surface area contributed by atoms with Gasteiger partial charge in [-0.1, -0.05) is 30.3 Å². The summed E-state index contributed by atoms with van der Waals surface area (Å²) >= 11 is 1.53. The van der Waals surface area contributed by atoms with E-state index in [0.29, 0.717) is 0 Å². The van der Waals surface area contributed by atoms with Crippen LogP contribution in [-0.2, 0) is 16.1 Å². The number of ether oxygens (including phenoxy) is 1. The lowest BCUT2D eigenvalue weighted by Gasteiger charge is -2.03. The molecule has 0 spiro atoms. The number of aromatic nitrogens is 3. The molecular weight excluding hydrogens is 370 g/mol. The van der Waals surface area contributed by atoms with Crippen molar-refractivity contribution in [3.05, 3.63) is 82.6 Å². The Bertz CT molecular complexity index is 1130. The van der Waals surface area contributed by atoms with Crippen LogP contribution in [0.3, 0.4) is 0 Å². The summed E-state index contributed by atoms with van der Waals surface area (Å²) in [6, 6.07) is 17.8. The fourth-order valence-corrected chi connectivity index (χ4v) is 3.91. The molecular formula is C22H19N3O2S. The van der Waals surface area contributed by atoms with E-state index in [1.165, 1.54) is 17.4 Å². The van der Waals surface area contributed by atoms with Crippen LogP contribution in [0.25, 0.3) is 22.0 Å². The van der Waals surface area contributed by atoms with Gasteiger partial charge in [-0.2, -0.15) is 5.10 Å². The summed E-state index contributed by atoms with van der Waals surface area (Å²) in [6.45, 7) is 4.08. The predicted molar refractivity (Wildman–Crippen MR) is 111 cm³/mol. The van der Waals surface area contributed by atoms with Crippen LogP contribution in [0.5, 0.6) is 0 Å². The normalized spacial score (nSPS) is 11.4. The number of aryl methyl sites for hydroxylation is 1. The fraction of sp³-hybridized carbons (Fsp3) is 0.136. The van der Waals surface area contributed by atoms with Crippen molar-refractivity contribution in [1.29, 1.82) is 0 Å². The van der Waals surface area contributed by atoms with E-state index >= 15 is 0 Å². The van der Waals surface area contributed by atoms with Gasteiger partial charge < -0.3 is 4.74 Å². The van der Waals surface area contributed by atoms with Gasteiger partial charge in [0.05, 0.1) is 21.6 Å². The highest BCUT2D eigenvalue weighted by molar-refractivity contribution is 7.18. The number of benzene rings is 2. The van der Waals surface area contributed by atoms with Crippen LogP contribution in [0, 0.1) is 13.8 Å². The second-order valence-corrected chi connectivity index (χ2v) is 7.46. The number of thiazole rings is 1. The van der Waals surface area contributed by atoms with E-state index < -0.39 is 5.97 Å². The van der Waals surface area contributed by atoms with Crippen molar-refractivity contribution in [2.24, 2.45) is 0 Å². The van der Waals surface area contributed by atoms with Gasteiger partial charge in [0.15, 0.2) is 0 Å². The van der Waals surface area contributed by atoms with Crippen LogP contribution in [0.1, 0.15) is 22.0 Å². The number of carbonyl (C=O) groups is 1. The lowest BCUT2D eigenvalue weighted by Crippen LogP contribution is -2.00. The van der Waals surface area contributed by atoms with Gasteiger partial charge in [0.1, 0.15) is 11.6 Å². The number of carbonyl (C=O) groups excluding carboxylic acids is 1. The van der Waals surface area contributed by atoms with Crippen molar-refractivity contribution in [2.45, 2.75) is 20.5 Å². The minimum atomic E-state index is -0.398. The molecule has 5 nitrogen and oxygen atoms in total. The number of para-hydroxylation sites is 2. The first-order valence-electron chi connectivity index (χ1n) is 8.93. The topological polar surface area (TPSA) is 57.0 Å². The van der Waals surface area contributed by atoms with Gasteiger partial charge in [-0.15, -0.1) is 11.3 Å². The third-order valence-electron chi connectivity index (χ3n) is 4.41. The minimum absolute atomic E-state index is 0.170. The third-order valence-corrected chi connectivity index (χ3v) is 5.42. The molecule has 0 atom stereocenters. The quantitative estimate of drug-likeness (QED) is 0.361. The molecule has 0 saturated carbocycles. The Labute approximate surface area is 166 Å². The average Bonchev–Trinajstić information content (AvgIpc) is 3.26. The third kappa shape index (κ3) is 3.73. The zero-order chi connectivity index (χ0) is 19.5. The van der Waals surface area contributed by atoms with Crippen LogP contribution in [0.2, 0.25) is 0 Å².